The van der Waals surface area contributed by atoms with Crippen molar-refractivity contribution in [1.29, 1.82) is 0 Å². The number of carbonyl (C=O) groups is 1. The van der Waals surface area contributed by atoms with Crippen LogP contribution in [0.2, 0.25) is 0 Å². The van der Waals surface area contributed by atoms with Gasteiger partial charge in [0.1, 0.15) is 5.75 Å². The first-order valence-corrected chi connectivity index (χ1v) is 8.54. The van der Waals surface area contributed by atoms with E-state index in [1.807, 2.05) is 48.5 Å². The quantitative estimate of drug-likeness (QED) is 0.747. The fraction of sp³-hybridized carbons (Fsp3) is 0.150. The summed E-state index contributed by atoms with van der Waals surface area (Å²) in [5, 5.41) is 18.9. The largest absolute Gasteiger partial charge is 0.497 e. The Balaban J connectivity index is 1.60. The fourth-order valence-corrected chi connectivity index (χ4v) is 2.94. The molecule has 136 valence electrons. The molecule has 0 saturated carbocycles. The van der Waals surface area contributed by atoms with E-state index in [1.165, 1.54) is 4.68 Å². The van der Waals surface area contributed by atoms with Crippen LogP contribution in [-0.4, -0.2) is 33.6 Å². The smallest absolute Gasteiger partial charge is 0.240 e. The molecule has 2 heterocycles. The van der Waals surface area contributed by atoms with Gasteiger partial charge in [-0.25, -0.2) is 10.1 Å². The minimum atomic E-state index is -0.0668. The molecule has 0 fully saturated rings. The number of amides is 1. The number of hydrazone groups is 1. The number of hydrogen-bond donors (Lipinski definition) is 2. The third kappa shape index (κ3) is 3.39. The van der Waals surface area contributed by atoms with Crippen LogP contribution < -0.4 is 10.2 Å². The number of aromatic hydroxyl groups is 1. The number of hydrogen-bond acceptors (Lipinski definition) is 5. The lowest BCUT2D eigenvalue weighted by Crippen LogP contribution is -2.25. The lowest BCUT2D eigenvalue weighted by Gasteiger charge is -2.12. The Morgan fingerprint density at radius 1 is 1.04 bits per heavy atom. The van der Waals surface area contributed by atoms with Crippen molar-refractivity contribution in [2.75, 3.05) is 7.11 Å². The molecule has 1 aliphatic rings. The highest BCUT2D eigenvalue weighted by molar-refractivity contribution is 6.04. The van der Waals surface area contributed by atoms with E-state index >= 15 is 0 Å². The van der Waals surface area contributed by atoms with E-state index < -0.39 is 0 Å². The Bertz CT molecular complexity index is 1000. The highest BCUT2D eigenvalue weighted by Gasteiger charge is 2.14. The normalized spacial score (nSPS) is 13.8. The van der Waals surface area contributed by atoms with Crippen molar-refractivity contribution < 1.29 is 14.6 Å². The number of carbonyl (C=O) groups excluding carboxylic acids is 1. The molecule has 1 aromatic heterocycles. The fourth-order valence-electron chi connectivity index (χ4n) is 2.94. The van der Waals surface area contributed by atoms with E-state index in [1.54, 1.807) is 13.2 Å². The number of rotatable bonds is 4. The van der Waals surface area contributed by atoms with E-state index in [2.05, 4.69) is 15.6 Å². The van der Waals surface area contributed by atoms with Gasteiger partial charge in [0.15, 0.2) is 0 Å². The molecule has 2 aromatic carbocycles. The standard InChI is InChI=1S/C20H18N4O3/c1-27-16-8-4-14(5-9-16)18-12-20(26)24(23-18)15-6-2-13(3-7-15)17-10-11-19(25)22-21-17/h2-9,12,26H,10-11H2,1H3,(H,22,25). The van der Waals surface area contributed by atoms with Crippen molar-refractivity contribution in [2.45, 2.75) is 12.8 Å². The number of ether oxygens (including phenoxy) is 1. The lowest BCUT2D eigenvalue weighted by atomic mass is 10.0. The number of nitrogens with zero attached hydrogens (tertiary/aromatic N) is 3. The van der Waals surface area contributed by atoms with E-state index in [9.17, 15) is 9.90 Å². The van der Waals surface area contributed by atoms with Crippen molar-refractivity contribution in [1.82, 2.24) is 15.2 Å². The van der Waals surface area contributed by atoms with Crippen LogP contribution in [0, 0.1) is 0 Å². The summed E-state index contributed by atoms with van der Waals surface area (Å²) in [6.07, 6.45) is 1.05. The van der Waals surface area contributed by atoms with Crippen molar-refractivity contribution >= 4 is 11.6 Å². The van der Waals surface area contributed by atoms with Gasteiger partial charge in [-0.2, -0.15) is 10.2 Å². The average Bonchev–Trinajstić information content (AvgIpc) is 3.10. The van der Waals surface area contributed by atoms with Crippen LogP contribution in [0.1, 0.15) is 18.4 Å². The van der Waals surface area contributed by atoms with Gasteiger partial charge in [0.25, 0.3) is 0 Å². The zero-order valence-corrected chi connectivity index (χ0v) is 14.7. The molecule has 0 aliphatic carbocycles. The molecule has 3 aromatic rings. The number of nitrogens with one attached hydrogen (secondary N) is 1. The lowest BCUT2D eigenvalue weighted by molar-refractivity contribution is -0.121. The molecule has 0 atom stereocenters. The summed E-state index contributed by atoms with van der Waals surface area (Å²) in [4.78, 5) is 11.2. The Labute approximate surface area is 155 Å². The van der Waals surface area contributed by atoms with Gasteiger partial charge in [0, 0.05) is 24.5 Å². The predicted molar refractivity (Wildman–Crippen MR) is 101 cm³/mol. The summed E-state index contributed by atoms with van der Waals surface area (Å²) in [5.41, 5.74) is 6.55. The van der Waals surface area contributed by atoms with Crippen LogP contribution in [0.4, 0.5) is 0 Å². The summed E-state index contributed by atoms with van der Waals surface area (Å²) in [7, 11) is 1.62. The van der Waals surface area contributed by atoms with Crippen LogP contribution in [0.3, 0.4) is 0 Å². The number of benzene rings is 2. The van der Waals surface area contributed by atoms with E-state index in [0.717, 1.165) is 28.3 Å². The van der Waals surface area contributed by atoms with E-state index in [4.69, 9.17) is 4.74 Å². The molecule has 1 aliphatic heterocycles. The number of methoxy groups -OCH3 is 1. The third-order valence-electron chi connectivity index (χ3n) is 4.43. The second-order valence-electron chi connectivity index (χ2n) is 6.17. The van der Waals surface area contributed by atoms with Crippen LogP contribution in [-0.2, 0) is 4.79 Å². The second-order valence-corrected chi connectivity index (χ2v) is 6.17. The molecular weight excluding hydrogens is 344 g/mol. The van der Waals surface area contributed by atoms with E-state index in [0.29, 0.717) is 18.5 Å². The highest BCUT2D eigenvalue weighted by atomic mass is 16.5. The van der Waals surface area contributed by atoms with Gasteiger partial charge >= 0.3 is 0 Å². The maximum Gasteiger partial charge on any atom is 0.240 e. The van der Waals surface area contributed by atoms with Crippen LogP contribution >= 0.6 is 0 Å². The molecule has 4 rings (SSSR count). The van der Waals surface area contributed by atoms with Crippen LogP contribution in [0.25, 0.3) is 16.9 Å². The average molecular weight is 362 g/mol. The Morgan fingerprint density at radius 3 is 2.37 bits per heavy atom. The van der Waals surface area contributed by atoms with Gasteiger partial charge < -0.3 is 9.84 Å². The Hall–Kier alpha value is -3.61. The SMILES string of the molecule is COc1ccc(-c2cc(O)n(-c3ccc(C4=NNC(=O)CC4)cc3)n2)cc1. The number of aromatic nitrogens is 2. The summed E-state index contributed by atoms with van der Waals surface area (Å²) < 4.78 is 6.64. The molecule has 0 radical (unpaired) electrons. The summed E-state index contributed by atoms with van der Waals surface area (Å²) >= 11 is 0. The molecule has 2 N–H and O–H groups in total. The van der Waals surface area contributed by atoms with Gasteiger partial charge in [-0.3, -0.25) is 4.79 Å². The molecule has 0 spiro atoms. The summed E-state index contributed by atoms with van der Waals surface area (Å²) in [5.74, 6) is 0.749. The molecule has 27 heavy (non-hydrogen) atoms. The topological polar surface area (TPSA) is 88.7 Å². The zero-order valence-electron chi connectivity index (χ0n) is 14.7. The van der Waals surface area contributed by atoms with Gasteiger partial charge in [0.2, 0.25) is 11.8 Å². The molecule has 0 bridgehead atoms. The van der Waals surface area contributed by atoms with Gasteiger partial charge in [0.05, 0.1) is 24.2 Å². The minimum Gasteiger partial charge on any atom is -0.497 e. The van der Waals surface area contributed by atoms with Crippen molar-refractivity contribution in [3.8, 4) is 28.6 Å². The zero-order chi connectivity index (χ0) is 18.8. The van der Waals surface area contributed by atoms with Gasteiger partial charge in [-0.15, -0.1) is 0 Å². The Kier molecular flexibility index (Phi) is 4.33. The Morgan fingerprint density at radius 2 is 1.74 bits per heavy atom. The molecule has 1 amide bonds. The van der Waals surface area contributed by atoms with Crippen LogP contribution in [0.15, 0.2) is 59.7 Å². The van der Waals surface area contributed by atoms with Crippen molar-refractivity contribution in [3.63, 3.8) is 0 Å². The molecule has 0 saturated heterocycles. The first-order valence-electron chi connectivity index (χ1n) is 8.54. The monoisotopic (exact) mass is 362 g/mol. The minimum absolute atomic E-state index is 0.0517. The summed E-state index contributed by atoms with van der Waals surface area (Å²) in [6, 6.07) is 16.6. The van der Waals surface area contributed by atoms with Crippen molar-refractivity contribution in [2.24, 2.45) is 5.10 Å². The molecule has 7 nitrogen and oxygen atoms in total. The van der Waals surface area contributed by atoms with Gasteiger partial charge in [-0.05, 0) is 42.0 Å². The molecule has 7 heteroatoms. The maximum atomic E-state index is 11.2. The first kappa shape index (κ1) is 16.8. The maximum absolute atomic E-state index is 11.2. The third-order valence-corrected chi connectivity index (χ3v) is 4.43. The van der Waals surface area contributed by atoms with E-state index in [-0.39, 0.29) is 11.8 Å². The van der Waals surface area contributed by atoms with Crippen LogP contribution in [0.5, 0.6) is 11.6 Å². The molecule has 0 unspecified atom stereocenters. The molecular formula is C20H18N4O3. The second kappa shape index (κ2) is 6.95. The summed E-state index contributed by atoms with van der Waals surface area (Å²) in [6.45, 7) is 0. The van der Waals surface area contributed by atoms with Gasteiger partial charge in [-0.1, -0.05) is 12.1 Å². The highest BCUT2D eigenvalue weighted by Crippen LogP contribution is 2.27. The van der Waals surface area contributed by atoms with Crippen molar-refractivity contribution in [3.05, 3.63) is 60.2 Å². The predicted octanol–water partition coefficient (Wildman–Crippen LogP) is 2.87. The first-order chi connectivity index (χ1) is 13.1.